The second-order valence-electron chi connectivity index (χ2n) is 4.93. The summed E-state index contributed by atoms with van der Waals surface area (Å²) < 4.78 is 0. The minimum atomic E-state index is -0.391. The van der Waals surface area contributed by atoms with Crippen molar-refractivity contribution in [2.24, 2.45) is 17.8 Å². The van der Waals surface area contributed by atoms with Gasteiger partial charge in [0.2, 0.25) is 0 Å². The fraction of sp³-hybridized carbons (Fsp3) is 1.00. The van der Waals surface area contributed by atoms with Crippen molar-refractivity contribution in [3.05, 3.63) is 0 Å². The van der Waals surface area contributed by atoms with Crippen LogP contribution in [0.5, 0.6) is 0 Å². The lowest BCUT2D eigenvalue weighted by Gasteiger charge is -2.44. The minimum Gasteiger partial charge on any atom is -0.389 e. The van der Waals surface area contributed by atoms with E-state index in [0.717, 1.165) is 6.42 Å². The molecule has 0 amide bonds. The third kappa shape index (κ3) is 1.66. The van der Waals surface area contributed by atoms with Gasteiger partial charge in [-0.2, -0.15) is 0 Å². The predicted molar refractivity (Wildman–Crippen MR) is 52.0 cm³/mol. The second-order valence-corrected chi connectivity index (χ2v) is 4.93. The molecule has 12 heavy (non-hydrogen) atoms. The molecule has 0 aliphatic heterocycles. The molecule has 0 aromatic heterocycles. The van der Waals surface area contributed by atoms with Crippen LogP contribution in [0.2, 0.25) is 0 Å². The van der Waals surface area contributed by atoms with E-state index in [0.29, 0.717) is 17.8 Å². The summed E-state index contributed by atoms with van der Waals surface area (Å²) in [4.78, 5) is 0. The average Bonchev–Trinajstić information content (AvgIpc) is 1.97. The molecule has 1 aliphatic rings. The Balaban J connectivity index is 2.71. The van der Waals surface area contributed by atoms with Gasteiger partial charge in [0.15, 0.2) is 0 Å². The molecule has 0 aromatic carbocycles. The first-order valence-corrected chi connectivity index (χ1v) is 5.19. The smallest absolute Gasteiger partial charge is 0.0698 e. The van der Waals surface area contributed by atoms with Crippen molar-refractivity contribution < 1.29 is 5.11 Å². The number of hydrogen-bond donors (Lipinski definition) is 1. The first-order valence-electron chi connectivity index (χ1n) is 5.19. The number of rotatable bonds is 1. The van der Waals surface area contributed by atoms with Gasteiger partial charge < -0.3 is 5.11 Å². The monoisotopic (exact) mass is 170 g/mol. The van der Waals surface area contributed by atoms with Gasteiger partial charge in [-0.05, 0) is 30.6 Å². The molecule has 1 fully saturated rings. The molecule has 0 heterocycles. The van der Waals surface area contributed by atoms with Crippen molar-refractivity contribution >= 4 is 0 Å². The average molecular weight is 170 g/mol. The maximum atomic E-state index is 10.4. The third-order valence-electron chi connectivity index (χ3n) is 3.62. The third-order valence-corrected chi connectivity index (χ3v) is 3.62. The van der Waals surface area contributed by atoms with E-state index in [9.17, 15) is 5.11 Å². The molecule has 0 aromatic rings. The van der Waals surface area contributed by atoms with Crippen molar-refractivity contribution in [1.29, 1.82) is 0 Å². The highest BCUT2D eigenvalue weighted by Crippen LogP contribution is 2.41. The van der Waals surface area contributed by atoms with Crippen molar-refractivity contribution in [3.63, 3.8) is 0 Å². The highest BCUT2D eigenvalue weighted by molar-refractivity contribution is 4.92. The molecule has 1 heteroatoms. The van der Waals surface area contributed by atoms with Crippen molar-refractivity contribution in [1.82, 2.24) is 0 Å². The van der Waals surface area contributed by atoms with Crippen LogP contribution in [-0.2, 0) is 0 Å². The Morgan fingerprint density at radius 3 is 2.25 bits per heavy atom. The summed E-state index contributed by atoms with van der Waals surface area (Å²) >= 11 is 0. The first-order chi connectivity index (χ1) is 5.47. The molecule has 0 bridgehead atoms. The highest BCUT2D eigenvalue weighted by atomic mass is 16.3. The van der Waals surface area contributed by atoms with Gasteiger partial charge in [-0.25, -0.2) is 0 Å². The summed E-state index contributed by atoms with van der Waals surface area (Å²) in [6.45, 7) is 8.70. The van der Waals surface area contributed by atoms with Gasteiger partial charge in [0.1, 0.15) is 0 Å². The molecule has 3 atom stereocenters. The molecule has 72 valence electrons. The summed E-state index contributed by atoms with van der Waals surface area (Å²) in [6.07, 6.45) is 3.47. The molecular formula is C11H22O. The van der Waals surface area contributed by atoms with E-state index >= 15 is 0 Å². The molecule has 1 aliphatic carbocycles. The molecule has 3 unspecified atom stereocenters. The van der Waals surface area contributed by atoms with Crippen LogP contribution in [0, 0.1) is 17.8 Å². The van der Waals surface area contributed by atoms with Crippen LogP contribution >= 0.6 is 0 Å². The second kappa shape index (κ2) is 3.37. The lowest BCUT2D eigenvalue weighted by molar-refractivity contribution is -0.0916. The zero-order chi connectivity index (χ0) is 9.35. The van der Waals surface area contributed by atoms with Crippen LogP contribution in [0.1, 0.15) is 47.0 Å². The molecule has 1 nitrogen and oxygen atoms in total. The SMILES string of the molecule is CC1CCC(C)C(O)(C(C)C)C1. The van der Waals surface area contributed by atoms with Crippen LogP contribution in [0.4, 0.5) is 0 Å². The Hall–Kier alpha value is -0.0400. The molecule has 1 N–H and O–H groups in total. The van der Waals surface area contributed by atoms with Crippen molar-refractivity contribution in [3.8, 4) is 0 Å². The van der Waals surface area contributed by atoms with Crippen LogP contribution in [-0.4, -0.2) is 10.7 Å². The Morgan fingerprint density at radius 2 is 1.83 bits per heavy atom. The summed E-state index contributed by atoms with van der Waals surface area (Å²) in [5.41, 5.74) is -0.391. The van der Waals surface area contributed by atoms with Gasteiger partial charge in [-0.3, -0.25) is 0 Å². The number of hydrogen-bond acceptors (Lipinski definition) is 1. The Kier molecular flexibility index (Phi) is 2.82. The van der Waals surface area contributed by atoms with E-state index in [4.69, 9.17) is 0 Å². The Bertz CT molecular complexity index is 153. The molecule has 0 saturated heterocycles. The maximum absolute atomic E-state index is 10.4. The van der Waals surface area contributed by atoms with Crippen molar-refractivity contribution in [2.75, 3.05) is 0 Å². The summed E-state index contributed by atoms with van der Waals surface area (Å²) in [7, 11) is 0. The fourth-order valence-electron chi connectivity index (χ4n) is 2.45. The molecule has 0 spiro atoms. The Morgan fingerprint density at radius 1 is 1.25 bits per heavy atom. The predicted octanol–water partition coefficient (Wildman–Crippen LogP) is 2.83. The standard InChI is InChI=1S/C11H22O/c1-8(2)11(12)7-9(3)5-6-10(11)4/h8-10,12H,5-7H2,1-4H3. The summed E-state index contributed by atoms with van der Waals surface area (Å²) in [5.74, 6) is 1.58. The first kappa shape index (κ1) is 10.0. The fourth-order valence-corrected chi connectivity index (χ4v) is 2.45. The summed E-state index contributed by atoms with van der Waals surface area (Å²) in [6, 6.07) is 0. The quantitative estimate of drug-likeness (QED) is 0.641. The minimum absolute atomic E-state index is 0.391. The van der Waals surface area contributed by atoms with E-state index in [-0.39, 0.29) is 0 Å². The van der Waals surface area contributed by atoms with E-state index < -0.39 is 5.60 Å². The van der Waals surface area contributed by atoms with Gasteiger partial charge in [-0.15, -0.1) is 0 Å². The van der Waals surface area contributed by atoms with Gasteiger partial charge in [0.05, 0.1) is 5.60 Å². The molecule has 1 rings (SSSR count). The number of aliphatic hydroxyl groups is 1. The largest absolute Gasteiger partial charge is 0.389 e. The van der Waals surface area contributed by atoms with Crippen LogP contribution < -0.4 is 0 Å². The molecule has 0 radical (unpaired) electrons. The van der Waals surface area contributed by atoms with E-state index in [1.54, 1.807) is 0 Å². The van der Waals surface area contributed by atoms with E-state index in [1.165, 1.54) is 12.8 Å². The zero-order valence-corrected chi connectivity index (χ0v) is 8.80. The maximum Gasteiger partial charge on any atom is 0.0698 e. The van der Waals surface area contributed by atoms with Crippen LogP contribution in [0.25, 0.3) is 0 Å². The highest BCUT2D eigenvalue weighted by Gasteiger charge is 2.40. The summed E-state index contributed by atoms with van der Waals surface area (Å²) in [5, 5.41) is 10.4. The van der Waals surface area contributed by atoms with Gasteiger partial charge >= 0.3 is 0 Å². The van der Waals surface area contributed by atoms with Gasteiger partial charge in [-0.1, -0.05) is 34.1 Å². The van der Waals surface area contributed by atoms with E-state index in [2.05, 4.69) is 27.7 Å². The lowest BCUT2D eigenvalue weighted by Crippen LogP contribution is -2.46. The van der Waals surface area contributed by atoms with Crippen LogP contribution in [0.3, 0.4) is 0 Å². The molecular weight excluding hydrogens is 148 g/mol. The lowest BCUT2D eigenvalue weighted by atomic mass is 9.67. The van der Waals surface area contributed by atoms with E-state index in [1.807, 2.05) is 0 Å². The Labute approximate surface area is 76.2 Å². The van der Waals surface area contributed by atoms with Crippen LogP contribution in [0.15, 0.2) is 0 Å². The topological polar surface area (TPSA) is 20.2 Å². The zero-order valence-electron chi connectivity index (χ0n) is 8.80. The van der Waals surface area contributed by atoms with Crippen molar-refractivity contribution in [2.45, 2.75) is 52.6 Å². The normalized spacial score (nSPS) is 43.5. The van der Waals surface area contributed by atoms with Gasteiger partial charge in [0.25, 0.3) is 0 Å². The molecule has 1 saturated carbocycles. The van der Waals surface area contributed by atoms with Gasteiger partial charge in [0, 0.05) is 0 Å².